The zero-order valence-electron chi connectivity index (χ0n) is 17.8. The van der Waals surface area contributed by atoms with Crippen LogP contribution in [0.15, 0.2) is 48.5 Å². The number of carboxylic acids is 1. The number of carboxylic acid groups (broad SMARTS) is 1. The summed E-state index contributed by atoms with van der Waals surface area (Å²) >= 11 is 0. The first-order chi connectivity index (χ1) is 14.9. The Kier molecular flexibility index (Phi) is 7.28. The highest BCUT2D eigenvalue weighted by atomic mass is 16.5. The topological polar surface area (TPSA) is 105 Å². The summed E-state index contributed by atoms with van der Waals surface area (Å²) in [5, 5.41) is 14.1. The Morgan fingerprint density at radius 2 is 1.58 bits per heavy atom. The molecular weight excluding hydrogens is 396 g/mol. The standard InChI is InChI=1S/C24H28N2O5/c1-3-8-16(13-22(27)25-15(2)23(28)29)26-24(30)31-14-21-19-11-6-4-9-17(19)18-10-5-7-12-20(18)21/h4-7,9-12,15-16,21H,3,8,13-14H2,1-2H3,(H,25,27)(H,26,30)(H,28,29)/t15-,16+/m1/s1. The largest absolute Gasteiger partial charge is 0.480 e. The highest BCUT2D eigenvalue weighted by Crippen LogP contribution is 2.44. The molecule has 164 valence electrons. The van der Waals surface area contributed by atoms with Crippen molar-refractivity contribution in [2.75, 3.05) is 6.61 Å². The van der Waals surface area contributed by atoms with Gasteiger partial charge >= 0.3 is 12.1 Å². The molecule has 0 heterocycles. The number of fused-ring (bicyclic) bond motifs is 3. The number of hydrogen-bond acceptors (Lipinski definition) is 4. The molecule has 2 atom stereocenters. The van der Waals surface area contributed by atoms with Crippen molar-refractivity contribution >= 4 is 18.0 Å². The highest BCUT2D eigenvalue weighted by Gasteiger charge is 2.29. The molecule has 0 aromatic heterocycles. The molecule has 2 aromatic carbocycles. The lowest BCUT2D eigenvalue weighted by Gasteiger charge is -2.20. The summed E-state index contributed by atoms with van der Waals surface area (Å²) in [6, 6.07) is 14.8. The van der Waals surface area contributed by atoms with Gasteiger partial charge in [-0.3, -0.25) is 9.59 Å². The fourth-order valence-electron chi connectivity index (χ4n) is 3.97. The number of nitrogens with one attached hydrogen (secondary N) is 2. The van der Waals surface area contributed by atoms with Gasteiger partial charge in [-0.25, -0.2) is 4.79 Å². The maximum atomic E-state index is 12.5. The van der Waals surface area contributed by atoms with Crippen molar-refractivity contribution in [2.24, 2.45) is 0 Å². The van der Waals surface area contributed by atoms with E-state index in [1.54, 1.807) is 0 Å². The first-order valence-electron chi connectivity index (χ1n) is 10.5. The third kappa shape index (κ3) is 5.42. The first kappa shape index (κ1) is 22.3. The van der Waals surface area contributed by atoms with E-state index in [-0.39, 0.29) is 18.9 Å². The molecule has 0 aliphatic heterocycles. The number of amides is 2. The summed E-state index contributed by atoms with van der Waals surface area (Å²) in [4.78, 5) is 35.5. The zero-order chi connectivity index (χ0) is 22.4. The summed E-state index contributed by atoms with van der Waals surface area (Å²) in [6.45, 7) is 3.54. The van der Waals surface area contributed by atoms with Gasteiger partial charge in [0.1, 0.15) is 12.6 Å². The van der Waals surface area contributed by atoms with E-state index in [0.717, 1.165) is 28.7 Å². The third-order valence-electron chi connectivity index (χ3n) is 5.48. The van der Waals surface area contributed by atoms with Crippen LogP contribution < -0.4 is 10.6 Å². The number of carbonyl (C=O) groups is 3. The molecule has 3 rings (SSSR count). The Morgan fingerprint density at radius 1 is 1.00 bits per heavy atom. The normalized spacial score (nSPS) is 14.1. The Bertz CT molecular complexity index is 913. The lowest BCUT2D eigenvalue weighted by molar-refractivity contribution is -0.141. The molecule has 31 heavy (non-hydrogen) atoms. The van der Waals surface area contributed by atoms with Gasteiger partial charge in [0, 0.05) is 18.4 Å². The second kappa shape index (κ2) is 10.1. The quantitative estimate of drug-likeness (QED) is 0.570. The van der Waals surface area contributed by atoms with Crippen molar-refractivity contribution in [1.82, 2.24) is 10.6 Å². The second-order valence-electron chi connectivity index (χ2n) is 7.79. The van der Waals surface area contributed by atoms with Crippen LogP contribution in [0, 0.1) is 0 Å². The molecule has 3 N–H and O–H groups in total. The van der Waals surface area contributed by atoms with Crippen molar-refractivity contribution in [2.45, 2.75) is 51.1 Å². The van der Waals surface area contributed by atoms with Crippen LogP contribution >= 0.6 is 0 Å². The van der Waals surface area contributed by atoms with Gasteiger partial charge in [0.05, 0.1) is 0 Å². The van der Waals surface area contributed by atoms with Crippen LogP contribution in [0.4, 0.5) is 4.79 Å². The molecule has 7 heteroatoms. The van der Waals surface area contributed by atoms with Gasteiger partial charge in [0.2, 0.25) is 5.91 Å². The minimum Gasteiger partial charge on any atom is -0.480 e. The number of ether oxygens (including phenoxy) is 1. The number of hydrogen-bond donors (Lipinski definition) is 3. The molecule has 0 bridgehead atoms. The molecule has 7 nitrogen and oxygen atoms in total. The van der Waals surface area contributed by atoms with E-state index >= 15 is 0 Å². The van der Waals surface area contributed by atoms with Gasteiger partial charge < -0.3 is 20.5 Å². The van der Waals surface area contributed by atoms with Gasteiger partial charge in [-0.1, -0.05) is 61.9 Å². The SMILES string of the molecule is CCC[C@@H](CC(=O)N[C@H](C)C(=O)O)NC(=O)OCC1c2ccccc2-c2ccccc21. The van der Waals surface area contributed by atoms with Crippen LogP contribution in [0.5, 0.6) is 0 Å². The van der Waals surface area contributed by atoms with Crippen molar-refractivity contribution in [3.05, 3.63) is 59.7 Å². The van der Waals surface area contributed by atoms with Crippen molar-refractivity contribution in [3.63, 3.8) is 0 Å². The van der Waals surface area contributed by atoms with Crippen molar-refractivity contribution in [1.29, 1.82) is 0 Å². The van der Waals surface area contributed by atoms with Gasteiger partial charge in [-0.15, -0.1) is 0 Å². The van der Waals surface area contributed by atoms with E-state index in [1.807, 2.05) is 31.2 Å². The van der Waals surface area contributed by atoms with E-state index in [1.165, 1.54) is 6.92 Å². The average Bonchev–Trinajstić information content (AvgIpc) is 3.06. The summed E-state index contributed by atoms with van der Waals surface area (Å²) in [5.74, 6) is -1.57. The minimum absolute atomic E-state index is 0.00431. The van der Waals surface area contributed by atoms with E-state index in [9.17, 15) is 14.4 Å². The van der Waals surface area contributed by atoms with Gasteiger partial charge in [0.15, 0.2) is 0 Å². The predicted octanol–water partition coefficient (Wildman–Crippen LogP) is 3.67. The summed E-state index contributed by atoms with van der Waals surface area (Å²) < 4.78 is 5.54. The van der Waals surface area contributed by atoms with Crippen LogP contribution in [-0.4, -0.2) is 41.8 Å². The van der Waals surface area contributed by atoms with Gasteiger partial charge in [-0.2, -0.15) is 0 Å². The number of carbonyl (C=O) groups excluding carboxylic acids is 2. The Morgan fingerprint density at radius 3 is 2.13 bits per heavy atom. The molecule has 0 saturated carbocycles. The Hall–Kier alpha value is -3.35. The van der Waals surface area contributed by atoms with E-state index < -0.39 is 30.1 Å². The molecule has 1 aliphatic carbocycles. The average molecular weight is 424 g/mol. The molecule has 2 amide bonds. The fraction of sp³-hybridized carbons (Fsp3) is 0.375. The van der Waals surface area contributed by atoms with Gasteiger partial charge in [-0.05, 0) is 35.6 Å². The molecule has 2 aromatic rings. The molecule has 0 saturated heterocycles. The predicted molar refractivity (Wildman–Crippen MR) is 117 cm³/mol. The van der Waals surface area contributed by atoms with Crippen LogP contribution in [0.1, 0.15) is 50.2 Å². The van der Waals surface area contributed by atoms with E-state index in [4.69, 9.17) is 9.84 Å². The van der Waals surface area contributed by atoms with Gasteiger partial charge in [0.25, 0.3) is 0 Å². The van der Waals surface area contributed by atoms with E-state index in [0.29, 0.717) is 6.42 Å². The van der Waals surface area contributed by atoms with Crippen LogP contribution in [0.2, 0.25) is 0 Å². The Balaban J connectivity index is 1.59. The number of aliphatic carboxylic acids is 1. The minimum atomic E-state index is -1.11. The van der Waals surface area contributed by atoms with Crippen molar-refractivity contribution < 1.29 is 24.2 Å². The summed E-state index contributed by atoms with van der Waals surface area (Å²) in [5.41, 5.74) is 4.56. The number of alkyl carbamates (subject to hydrolysis) is 1. The smallest absolute Gasteiger partial charge is 0.407 e. The van der Waals surface area contributed by atoms with Crippen LogP contribution in [-0.2, 0) is 14.3 Å². The van der Waals surface area contributed by atoms with E-state index in [2.05, 4.69) is 34.9 Å². The lowest BCUT2D eigenvalue weighted by atomic mass is 9.98. The fourth-order valence-corrected chi connectivity index (χ4v) is 3.97. The monoisotopic (exact) mass is 424 g/mol. The zero-order valence-corrected chi connectivity index (χ0v) is 17.8. The van der Waals surface area contributed by atoms with Crippen LogP contribution in [0.3, 0.4) is 0 Å². The number of benzene rings is 2. The summed E-state index contributed by atoms with van der Waals surface area (Å²) in [6.07, 6.45) is 0.754. The maximum absolute atomic E-state index is 12.5. The van der Waals surface area contributed by atoms with Crippen LogP contribution in [0.25, 0.3) is 11.1 Å². The lowest BCUT2D eigenvalue weighted by Crippen LogP contribution is -2.43. The molecule has 0 radical (unpaired) electrons. The second-order valence-corrected chi connectivity index (χ2v) is 7.79. The summed E-state index contributed by atoms with van der Waals surface area (Å²) in [7, 11) is 0. The number of rotatable bonds is 9. The first-order valence-corrected chi connectivity index (χ1v) is 10.5. The molecule has 0 unspecified atom stereocenters. The molecule has 1 aliphatic rings. The van der Waals surface area contributed by atoms with Crippen molar-refractivity contribution in [3.8, 4) is 11.1 Å². The maximum Gasteiger partial charge on any atom is 0.407 e. The molecule has 0 spiro atoms. The molecule has 0 fully saturated rings. The molecular formula is C24H28N2O5. The Labute approximate surface area is 181 Å². The highest BCUT2D eigenvalue weighted by molar-refractivity contribution is 5.84. The third-order valence-corrected chi connectivity index (χ3v) is 5.48.